The summed E-state index contributed by atoms with van der Waals surface area (Å²) in [6.07, 6.45) is 3.87. The highest BCUT2D eigenvalue weighted by atomic mass is 32.2. The number of carbonyl (C=O) groups is 1. The highest BCUT2D eigenvalue weighted by Crippen LogP contribution is 2.19. The molecule has 1 atom stereocenters. The molecular formula is C23H31N3O3S. The Balaban J connectivity index is 1.53. The summed E-state index contributed by atoms with van der Waals surface area (Å²) in [5.41, 5.74) is 2.75. The van der Waals surface area contributed by atoms with Crippen LogP contribution in [-0.4, -0.2) is 38.4 Å². The number of amides is 1. The van der Waals surface area contributed by atoms with Gasteiger partial charge in [0.05, 0.1) is 4.90 Å². The first-order chi connectivity index (χ1) is 14.4. The van der Waals surface area contributed by atoms with Crippen LogP contribution in [0, 0.1) is 0 Å². The zero-order valence-electron chi connectivity index (χ0n) is 17.7. The molecule has 1 aliphatic heterocycles. The van der Waals surface area contributed by atoms with E-state index in [9.17, 15) is 13.2 Å². The van der Waals surface area contributed by atoms with E-state index in [1.54, 1.807) is 6.92 Å². The van der Waals surface area contributed by atoms with Crippen LogP contribution in [0.5, 0.6) is 0 Å². The number of rotatable bonds is 8. The largest absolute Gasteiger partial charge is 0.348 e. The summed E-state index contributed by atoms with van der Waals surface area (Å²) < 4.78 is 26.4. The molecule has 3 rings (SSSR count). The van der Waals surface area contributed by atoms with Gasteiger partial charge in [0.2, 0.25) is 10.0 Å². The zero-order chi connectivity index (χ0) is 21.6. The smallest absolute Gasteiger partial charge is 0.251 e. The summed E-state index contributed by atoms with van der Waals surface area (Å²) in [6.45, 7) is 6.89. The molecule has 2 aromatic rings. The monoisotopic (exact) mass is 429 g/mol. The second-order valence-corrected chi connectivity index (χ2v) is 9.61. The second kappa shape index (κ2) is 10.2. The van der Waals surface area contributed by atoms with Crippen molar-refractivity contribution in [1.82, 2.24) is 14.9 Å². The summed E-state index contributed by atoms with van der Waals surface area (Å²) in [7, 11) is -3.51. The minimum Gasteiger partial charge on any atom is -0.348 e. The molecule has 0 spiro atoms. The number of benzene rings is 2. The Morgan fingerprint density at radius 3 is 2.33 bits per heavy atom. The second-order valence-electron chi connectivity index (χ2n) is 7.84. The van der Waals surface area contributed by atoms with E-state index in [0.717, 1.165) is 18.7 Å². The van der Waals surface area contributed by atoms with E-state index in [4.69, 9.17) is 0 Å². The maximum atomic E-state index is 12.4. The van der Waals surface area contributed by atoms with Gasteiger partial charge in [-0.15, -0.1) is 0 Å². The van der Waals surface area contributed by atoms with Crippen molar-refractivity contribution in [2.75, 3.05) is 13.1 Å². The van der Waals surface area contributed by atoms with Crippen LogP contribution < -0.4 is 10.0 Å². The number of sulfonamides is 1. The van der Waals surface area contributed by atoms with Crippen LogP contribution in [0.1, 0.15) is 54.6 Å². The Labute approximate surface area is 179 Å². The number of piperidine rings is 1. The topological polar surface area (TPSA) is 78.5 Å². The van der Waals surface area contributed by atoms with Gasteiger partial charge in [-0.2, -0.15) is 0 Å². The van der Waals surface area contributed by atoms with Gasteiger partial charge < -0.3 is 5.32 Å². The Kier molecular flexibility index (Phi) is 7.64. The number of nitrogens with zero attached hydrogens (tertiary/aromatic N) is 1. The first-order valence-corrected chi connectivity index (χ1v) is 12.1. The lowest BCUT2D eigenvalue weighted by Gasteiger charge is -2.33. The lowest BCUT2D eigenvalue weighted by atomic mass is 10.0. The quantitative estimate of drug-likeness (QED) is 0.675. The van der Waals surface area contributed by atoms with Crippen LogP contribution in [0.4, 0.5) is 0 Å². The Morgan fingerprint density at radius 2 is 1.70 bits per heavy atom. The molecule has 1 saturated heterocycles. The van der Waals surface area contributed by atoms with E-state index in [2.05, 4.69) is 46.1 Å². The number of hydrogen-bond donors (Lipinski definition) is 2. The molecule has 2 N–H and O–H groups in total. The molecule has 1 fully saturated rings. The maximum absolute atomic E-state index is 12.4. The van der Waals surface area contributed by atoms with Crippen molar-refractivity contribution in [3.05, 3.63) is 65.2 Å². The molecule has 30 heavy (non-hydrogen) atoms. The fraction of sp³-hybridized carbons (Fsp3) is 0.435. The van der Waals surface area contributed by atoms with Crippen molar-refractivity contribution in [2.45, 2.75) is 57.1 Å². The molecule has 0 aliphatic carbocycles. The molecule has 162 valence electrons. The zero-order valence-corrected chi connectivity index (χ0v) is 18.5. The Morgan fingerprint density at radius 1 is 1.03 bits per heavy atom. The maximum Gasteiger partial charge on any atom is 0.251 e. The van der Waals surface area contributed by atoms with Gasteiger partial charge in [0.1, 0.15) is 0 Å². The van der Waals surface area contributed by atoms with E-state index in [1.807, 2.05) is 0 Å². The van der Waals surface area contributed by atoms with Crippen molar-refractivity contribution in [3.8, 4) is 0 Å². The van der Waals surface area contributed by atoms with E-state index >= 15 is 0 Å². The van der Waals surface area contributed by atoms with Crippen molar-refractivity contribution < 1.29 is 13.2 Å². The third kappa shape index (κ3) is 5.90. The molecule has 7 heteroatoms. The van der Waals surface area contributed by atoms with Crippen molar-refractivity contribution in [3.63, 3.8) is 0 Å². The molecule has 6 nitrogen and oxygen atoms in total. The van der Waals surface area contributed by atoms with Gasteiger partial charge in [-0.05, 0) is 61.7 Å². The molecule has 1 heterocycles. The number of nitrogens with one attached hydrogen (secondary N) is 2. The highest BCUT2D eigenvalue weighted by Gasteiger charge is 2.18. The van der Waals surface area contributed by atoms with Crippen LogP contribution in [0.15, 0.2) is 53.4 Å². The number of carbonyl (C=O) groups excluding carboxylic acids is 1. The third-order valence-corrected chi connectivity index (χ3v) is 7.12. The van der Waals surface area contributed by atoms with Gasteiger partial charge in [0.25, 0.3) is 5.91 Å². The van der Waals surface area contributed by atoms with Crippen LogP contribution in [0.25, 0.3) is 0 Å². The van der Waals surface area contributed by atoms with Crippen LogP contribution in [0.3, 0.4) is 0 Å². The normalized spacial score (nSPS) is 17.6. The molecular weight excluding hydrogens is 398 g/mol. The average Bonchev–Trinajstić information content (AvgIpc) is 2.75. The SMILES string of the molecule is CCNS(=O)(=O)c1ccc(C(=O)NCc2ccc(CN3CCCCC3C)cc2)cc1. The van der Waals surface area contributed by atoms with Crippen LogP contribution in [-0.2, 0) is 23.1 Å². The predicted molar refractivity (Wildman–Crippen MR) is 119 cm³/mol. The molecule has 1 amide bonds. The van der Waals surface area contributed by atoms with Crippen molar-refractivity contribution in [2.24, 2.45) is 0 Å². The lowest BCUT2D eigenvalue weighted by Crippen LogP contribution is -2.36. The summed E-state index contributed by atoms with van der Waals surface area (Å²) >= 11 is 0. The van der Waals surface area contributed by atoms with E-state index in [-0.39, 0.29) is 10.8 Å². The molecule has 0 aromatic heterocycles. The lowest BCUT2D eigenvalue weighted by molar-refractivity contribution is 0.0951. The van der Waals surface area contributed by atoms with Gasteiger partial charge in [-0.1, -0.05) is 37.6 Å². The fourth-order valence-corrected chi connectivity index (χ4v) is 4.77. The van der Waals surface area contributed by atoms with Gasteiger partial charge in [-0.3, -0.25) is 9.69 Å². The van der Waals surface area contributed by atoms with Gasteiger partial charge in [0.15, 0.2) is 0 Å². The summed E-state index contributed by atoms with van der Waals surface area (Å²) in [5, 5.41) is 2.89. The molecule has 2 aromatic carbocycles. The molecule has 1 unspecified atom stereocenters. The number of hydrogen-bond acceptors (Lipinski definition) is 4. The van der Waals surface area contributed by atoms with E-state index in [1.165, 1.54) is 49.1 Å². The van der Waals surface area contributed by atoms with Crippen molar-refractivity contribution in [1.29, 1.82) is 0 Å². The third-order valence-electron chi connectivity index (χ3n) is 5.56. The van der Waals surface area contributed by atoms with Crippen LogP contribution in [0.2, 0.25) is 0 Å². The summed E-state index contributed by atoms with van der Waals surface area (Å²) in [5.74, 6) is -0.228. The van der Waals surface area contributed by atoms with Gasteiger partial charge >= 0.3 is 0 Å². The summed E-state index contributed by atoms with van der Waals surface area (Å²) in [6, 6.07) is 15.0. The summed E-state index contributed by atoms with van der Waals surface area (Å²) in [4.78, 5) is 15.1. The van der Waals surface area contributed by atoms with E-state index < -0.39 is 10.0 Å². The number of likely N-dealkylation sites (tertiary alicyclic amines) is 1. The van der Waals surface area contributed by atoms with Gasteiger partial charge in [-0.25, -0.2) is 13.1 Å². The molecule has 0 radical (unpaired) electrons. The standard InChI is InChI=1S/C23H31N3O3S/c1-3-25-30(28,29)22-13-11-21(12-14-22)23(27)24-16-19-7-9-20(10-8-19)17-26-15-5-4-6-18(26)2/h7-14,18,25H,3-6,15-17H2,1-2H3,(H,24,27). The highest BCUT2D eigenvalue weighted by molar-refractivity contribution is 7.89. The fourth-order valence-electron chi connectivity index (χ4n) is 3.73. The average molecular weight is 430 g/mol. The Bertz CT molecular complexity index is 941. The minimum absolute atomic E-state index is 0.152. The molecule has 0 bridgehead atoms. The van der Waals surface area contributed by atoms with Crippen molar-refractivity contribution >= 4 is 15.9 Å². The first-order valence-electron chi connectivity index (χ1n) is 10.6. The predicted octanol–water partition coefficient (Wildman–Crippen LogP) is 3.29. The van der Waals surface area contributed by atoms with Crippen LogP contribution >= 0.6 is 0 Å². The van der Waals surface area contributed by atoms with E-state index in [0.29, 0.717) is 24.7 Å². The first kappa shape index (κ1) is 22.5. The molecule has 0 saturated carbocycles. The van der Waals surface area contributed by atoms with Gasteiger partial charge in [0, 0.05) is 31.2 Å². The minimum atomic E-state index is -3.51. The molecule has 1 aliphatic rings. The Hall–Kier alpha value is -2.22.